The number of nitrogens with one attached hydrogen (secondary N) is 1. The minimum Gasteiger partial charge on any atom is -0.382 e. The second kappa shape index (κ2) is 7.45. The summed E-state index contributed by atoms with van der Waals surface area (Å²) in [7, 11) is 0. The van der Waals surface area contributed by atoms with Crippen LogP contribution in [-0.2, 0) is 9.53 Å². The summed E-state index contributed by atoms with van der Waals surface area (Å²) in [6.45, 7) is 5.79. The summed E-state index contributed by atoms with van der Waals surface area (Å²) in [4.78, 5) is 11.8. The van der Waals surface area contributed by atoms with Gasteiger partial charge in [0.2, 0.25) is 5.91 Å². The summed E-state index contributed by atoms with van der Waals surface area (Å²) >= 11 is 3.30. The zero-order valence-electron chi connectivity index (χ0n) is 10.1. The lowest BCUT2D eigenvalue weighted by Gasteiger charge is -2.12. The largest absolute Gasteiger partial charge is 0.382 e. The van der Waals surface area contributed by atoms with E-state index in [0.717, 1.165) is 10.9 Å². The predicted molar refractivity (Wildman–Crippen MR) is 68.8 cm³/mol. The molecule has 0 fully saturated rings. The van der Waals surface area contributed by atoms with Crippen molar-refractivity contribution in [1.82, 2.24) is 15.1 Å². The number of aromatic nitrogens is 2. The number of amides is 1. The Labute approximate surface area is 110 Å². The predicted octanol–water partition coefficient (Wildman–Crippen LogP) is 1.75. The molecule has 0 saturated carbocycles. The van der Waals surface area contributed by atoms with Crippen molar-refractivity contribution in [2.24, 2.45) is 0 Å². The van der Waals surface area contributed by atoms with E-state index >= 15 is 0 Å². The summed E-state index contributed by atoms with van der Waals surface area (Å²) < 4.78 is 7.68. The Bertz CT molecular complexity index is 354. The van der Waals surface area contributed by atoms with Gasteiger partial charge in [-0.05, 0) is 36.2 Å². The number of halogens is 1. The van der Waals surface area contributed by atoms with E-state index in [1.54, 1.807) is 17.1 Å². The van der Waals surface area contributed by atoms with Gasteiger partial charge in [0.05, 0.1) is 10.7 Å². The summed E-state index contributed by atoms with van der Waals surface area (Å²) in [5.41, 5.74) is 0. The molecule has 0 saturated heterocycles. The minimum atomic E-state index is -0.298. The lowest BCUT2D eigenvalue weighted by atomic mass is 10.3. The van der Waals surface area contributed by atoms with Crippen LogP contribution in [0, 0.1) is 0 Å². The molecule has 1 rings (SSSR count). The van der Waals surface area contributed by atoms with E-state index in [9.17, 15) is 4.79 Å². The highest BCUT2D eigenvalue weighted by molar-refractivity contribution is 9.10. The normalized spacial score (nSPS) is 12.4. The molecule has 0 aliphatic rings. The number of hydrogen-bond donors (Lipinski definition) is 1. The van der Waals surface area contributed by atoms with E-state index in [4.69, 9.17) is 4.74 Å². The Balaban J connectivity index is 2.28. The number of carbonyl (C=O) groups is 1. The fourth-order valence-electron chi connectivity index (χ4n) is 1.32. The van der Waals surface area contributed by atoms with Crippen molar-refractivity contribution in [1.29, 1.82) is 0 Å². The van der Waals surface area contributed by atoms with Crippen LogP contribution >= 0.6 is 15.9 Å². The summed E-state index contributed by atoms with van der Waals surface area (Å²) in [5.74, 6) is -0.0305. The van der Waals surface area contributed by atoms with Crippen molar-refractivity contribution in [3.8, 4) is 0 Å². The number of nitrogens with zero attached hydrogens (tertiary/aromatic N) is 2. The van der Waals surface area contributed by atoms with E-state index < -0.39 is 0 Å². The van der Waals surface area contributed by atoms with Crippen molar-refractivity contribution in [3.63, 3.8) is 0 Å². The van der Waals surface area contributed by atoms with E-state index in [-0.39, 0.29) is 11.9 Å². The Hall–Kier alpha value is -0.880. The van der Waals surface area contributed by atoms with Crippen molar-refractivity contribution >= 4 is 21.8 Å². The first kappa shape index (κ1) is 14.2. The van der Waals surface area contributed by atoms with Gasteiger partial charge >= 0.3 is 0 Å². The van der Waals surface area contributed by atoms with Gasteiger partial charge in [-0.3, -0.25) is 9.48 Å². The van der Waals surface area contributed by atoms with Gasteiger partial charge in [0.25, 0.3) is 0 Å². The van der Waals surface area contributed by atoms with Crippen molar-refractivity contribution in [2.45, 2.75) is 26.3 Å². The molecule has 1 aromatic heterocycles. The van der Waals surface area contributed by atoms with Gasteiger partial charge in [0.15, 0.2) is 0 Å². The third kappa shape index (κ3) is 4.87. The molecule has 0 aliphatic carbocycles. The standard InChI is InChI=1S/C11H18BrN3O2/c1-3-17-6-4-5-13-11(16)9(2)15-8-10(12)7-14-15/h7-9H,3-6H2,1-2H3,(H,13,16)/t9-/m1/s1. The molecular formula is C11H18BrN3O2. The van der Waals surface area contributed by atoms with E-state index in [1.165, 1.54) is 0 Å². The Kier molecular flexibility index (Phi) is 6.21. The average molecular weight is 304 g/mol. The summed E-state index contributed by atoms with van der Waals surface area (Å²) in [6.07, 6.45) is 4.28. The number of hydrogen-bond acceptors (Lipinski definition) is 3. The van der Waals surface area contributed by atoms with Crippen LogP contribution in [0.1, 0.15) is 26.3 Å². The number of ether oxygens (including phenoxy) is 1. The summed E-state index contributed by atoms with van der Waals surface area (Å²) in [5, 5.41) is 6.93. The van der Waals surface area contributed by atoms with Crippen LogP contribution in [0.4, 0.5) is 0 Å². The lowest BCUT2D eigenvalue weighted by molar-refractivity contribution is -0.124. The van der Waals surface area contributed by atoms with Crippen LogP contribution in [0.5, 0.6) is 0 Å². The molecule has 17 heavy (non-hydrogen) atoms. The van der Waals surface area contributed by atoms with E-state index in [0.29, 0.717) is 19.8 Å². The van der Waals surface area contributed by atoms with Crippen LogP contribution in [0.2, 0.25) is 0 Å². The van der Waals surface area contributed by atoms with Crippen LogP contribution in [0.15, 0.2) is 16.9 Å². The highest BCUT2D eigenvalue weighted by Gasteiger charge is 2.14. The fraction of sp³-hybridized carbons (Fsp3) is 0.636. The third-order valence-electron chi connectivity index (χ3n) is 2.32. The van der Waals surface area contributed by atoms with Crippen LogP contribution in [0.25, 0.3) is 0 Å². The molecule has 1 aromatic rings. The zero-order valence-corrected chi connectivity index (χ0v) is 11.7. The van der Waals surface area contributed by atoms with Crippen molar-refractivity contribution in [2.75, 3.05) is 19.8 Å². The SMILES string of the molecule is CCOCCCNC(=O)[C@@H](C)n1cc(Br)cn1. The highest BCUT2D eigenvalue weighted by atomic mass is 79.9. The van der Waals surface area contributed by atoms with Gasteiger partial charge in [-0.2, -0.15) is 5.10 Å². The average Bonchev–Trinajstić information content (AvgIpc) is 2.74. The summed E-state index contributed by atoms with van der Waals surface area (Å²) in [6, 6.07) is -0.298. The zero-order chi connectivity index (χ0) is 12.7. The molecule has 0 bridgehead atoms. The van der Waals surface area contributed by atoms with Crippen molar-refractivity contribution in [3.05, 3.63) is 16.9 Å². The molecule has 96 valence electrons. The van der Waals surface area contributed by atoms with E-state index in [2.05, 4.69) is 26.3 Å². The number of rotatable bonds is 7. The second-order valence-corrected chi connectivity index (χ2v) is 4.57. The maximum atomic E-state index is 11.8. The monoisotopic (exact) mass is 303 g/mol. The molecule has 0 radical (unpaired) electrons. The first-order valence-electron chi connectivity index (χ1n) is 5.70. The molecule has 5 nitrogen and oxygen atoms in total. The van der Waals surface area contributed by atoms with Crippen LogP contribution < -0.4 is 5.32 Å². The van der Waals surface area contributed by atoms with Crippen molar-refractivity contribution < 1.29 is 9.53 Å². The quantitative estimate of drug-likeness (QED) is 0.781. The van der Waals surface area contributed by atoms with E-state index in [1.807, 2.05) is 13.8 Å². The minimum absolute atomic E-state index is 0.0305. The first-order chi connectivity index (χ1) is 8.15. The number of carbonyl (C=O) groups excluding carboxylic acids is 1. The highest BCUT2D eigenvalue weighted by Crippen LogP contribution is 2.11. The van der Waals surface area contributed by atoms with Gasteiger partial charge < -0.3 is 10.1 Å². The smallest absolute Gasteiger partial charge is 0.244 e. The van der Waals surface area contributed by atoms with Gasteiger partial charge in [0.1, 0.15) is 6.04 Å². The Morgan fingerprint density at radius 1 is 1.71 bits per heavy atom. The molecule has 1 amide bonds. The lowest BCUT2D eigenvalue weighted by Crippen LogP contribution is -2.32. The first-order valence-corrected chi connectivity index (χ1v) is 6.49. The molecule has 0 spiro atoms. The Morgan fingerprint density at radius 3 is 3.06 bits per heavy atom. The van der Waals surface area contributed by atoms with Gasteiger partial charge in [-0.25, -0.2) is 0 Å². The molecule has 6 heteroatoms. The van der Waals surface area contributed by atoms with Gasteiger partial charge in [-0.15, -0.1) is 0 Å². The second-order valence-electron chi connectivity index (χ2n) is 3.66. The molecule has 1 atom stereocenters. The molecule has 1 heterocycles. The molecule has 1 N–H and O–H groups in total. The van der Waals surface area contributed by atoms with Gasteiger partial charge in [0, 0.05) is 26.0 Å². The maximum absolute atomic E-state index is 11.8. The van der Waals surface area contributed by atoms with Crippen LogP contribution in [0.3, 0.4) is 0 Å². The van der Waals surface area contributed by atoms with Crippen LogP contribution in [-0.4, -0.2) is 35.4 Å². The molecular weight excluding hydrogens is 286 g/mol. The molecule has 0 aliphatic heterocycles. The third-order valence-corrected chi connectivity index (χ3v) is 2.72. The molecule has 0 aromatic carbocycles. The maximum Gasteiger partial charge on any atom is 0.244 e. The Morgan fingerprint density at radius 2 is 2.47 bits per heavy atom. The topological polar surface area (TPSA) is 56.1 Å². The molecule has 0 unspecified atom stereocenters. The van der Waals surface area contributed by atoms with Gasteiger partial charge in [-0.1, -0.05) is 0 Å². The fourth-order valence-corrected chi connectivity index (χ4v) is 1.63.